The van der Waals surface area contributed by atoms with Crippen LogP contribution in [-0.4, -0.2) is 36.2 Å². The van der Waals surface area contributed by atoms with Crippen LogP contribution in [0.25, 0.3) is 10.9 Å². The van der Waals surface area contributed by atoms with Gasteiger partial charge in [0.1, 0.15) is 17.6 Å². The number of halogens is 1. The van der Waals surface area contributed by atoms with Gasteiger partial charge >= 0.3 is 0 Å². The zero-order valence-corrected chi connectivity index (χ0v) is 17.8. The molecule has 0 amide bonds. The first-order valence-corrected chi connectivity index (χ1v) is 10.4. The van der Waals surface area contributed by atoms with Crippen LogP contribution in [-0.2, 0) is 4.74 Å². The molecule has 1 aliphatic rings. The molecule has 2 aromatic carbocycles. The van der Waals surface area contributed by atoms with Crippen LogP contribution in [0.1, 0.15) is 24.8 Å². The van der Waals surface area contributed by atoms with Crippen molar-refractivity contribution < 1.29 is 9.47 Å². The summed E-state index contributed by atoms with van der Waals surface area (Å²) in [6, 6.07) is 14.4. The van der Waals surface area contributed by atoms with Crippen LogP contribution in [0.5, 0.6) is 5.75 Å². The second kappa shape index (κ2) is 9.32. The number of nitrogens with two attached hydrogens (primary N) is 1. The van der Waals surface area contributed by atoms with Gasteiger partial charge in [0.15, 0.2) is 0 Å². The fourth-order valence-corrected chi connectivity index (χ4v) is 3.88. The molecule has 4 rings (SSSR count). The number of aromatic nitrogens is 1. The first kappa shape index (κ1) is 21.1. The highest BCUT2D eigenvalue weighted by atomic mass is 35.5. The van der Waals surface area contributed by atoms with Crippen LogP contribution in [0.4, 0.5) is 5.69 Å². The summed E-state index contributed by atoms with van der Waals surface area (Å²) in [6.07, 6.45) is 4.82. The van der Waals surface area contributed by atoms with E-state index in [1.807, 2.05) is 24.3 Å². The van der Waals surface area contributed by atoms with Crippen molar-refractivity contribution in [3.05, 3.63) is 69.5 Å². The van der Waals surface area contributed by atoms with Gasteiger partial charge in [-0.25, -0.2) is 0 Å². The molecule has 160 valence electrons. The van der Waals surface area contributed by atoms with Crippen molar-refractivity contribution in [2.45, 2.75) is 31.5 Å². The topological polar surface area (TPSA) is 102 Å². The molecule has 3 N–H and O–H groups in total. The number of nitrogens with zero attached hydrogens (tertiary/aromatic N) is 2. The monoisotopic (exact) mass is 438 g/mol. The molecule has 1 aromatic heterocycles. The van der Waals surface area contributed by atoms with Gasteiger partial charge < -0.3 is 20.3 Å². The van der Waals surface area contributed by atoms with Crippen LogP contribution >= 0.6 is 11.6 Å². The number of aliphatic imine (C=N–C) groups is 1. The Hall–Kier alpha value is -3.16. The number of hydrogen-bond acceptors (Lipinski definition) is 6. The minimum Gasteiger partial charge on any atom is -0.490 e. The molecular weight excluding hydrogens is 416 g/mol. The van der Waals surface area contributed by atoms with E-state index in [4.69, 9.17) is 26.9 Å². The molecule has 2 atom stereocenters. The van der Waals surface area contributed by atoms with Gasteiger partial charge in [-0.2, -0.15) is 5.10 Å². The molecular formula is C23H23ClN4O3. The number of benzene rings is 2. The van der Waals surface area contributed by atoms with Crippen molar-refractivity contribution >= 4 is 40.1 Å². The largest absolute Gasteiger partial charge is 0.490 e. The van der Waals surface area contributed by atoms with Gasteiger partial charge in [0.25, 0.3) is 5.56 Å². The maximum absolute atomic E-state index is 12.5. The van der Waals surface area contributed by atoms with Crippen LogP contribution in [0, 0.1) is 0 Å². The number of pyridine rings is 1. The number of rotatable bonds is 6. The highest BCUT2D eigenvalue weighted by Crippen LogP contribution is 2.27. The molecule has 1 aliphatic carbocycles. The molecule has 0 radical (unpaired) electrons. The number of ether oxygens (including phenoxy) is 2. The Morgan fingerprint density at radius 3 is 2.65 bits per heavy atom. The number of H-pyrrole nitrogens is 1. The summed E-state index contributed by atoms with van der Waals surface area (Å²) >= 11 is 6.06. The van der Waals surface area contributed by atoms with E-state index in [9.17, 15) is 4.79 Å². The van der Waals surface area contributed by atoms with Crippen LogP contribution in [0.2, 0.25) is 5.02 Å². The Morgan fingerprint density at radius 2 is 1.94 bits per heavy atom. The van der Waals surface area contributed by atoms with Crippen molar-refractivity contribution in [3.63, 3.8) is 0 Å². The molecule has 31 heavy (non-hydrogen) atoms. The highest BCUT2D eigenvalue weighted by molar-refractivity contribution is 6.38. The highest BCUT2D eigenvalue weighted by Gasteiger charge is 2.25. The van der Waals surface area contributed by atoms with E-state index < -0.39 is 0 Å². The van der Waals surface area contributed by atoms with E-state index in [0.29, 0.717) is 21.8 Å². The lowest BCUT2D eigenvalue weighted by molar-refractivity contribution is 0.0947. The normalized spacial score (nSPS) is 19.4. The van der Waals surface area contributed by atoms with Gasteiger partial charge in [-0.15, -0.1) is 0 Å². The number of aromatic amines is 1. The zero-order valence-electron chi connectivity index (χ0n) is 17.0. The van der Waals surface area contributed by atoms with Crippen molar-refractivity contribution in [3.8, 4) is 5.75 Å². The van der Waals surface area contributed by atoms with E-state index in [2.05, 4.69) is 15.1 Å². The second-order valence-electron chi connectivity index (χ2n) is 7.42. The van der Waals surface area contributed by atoms with E-state index >= 15 is 0 Å². The smallest absolute Gasteiger partial charge is 0.258 e. The third kappa shape index (κ3) is 4.95. The molecule has 8 heteroatoms. The lowest BCUT2D eigenvalue weighted by Gasteiger charge is -2.13. The first-order chi connectivity index (χ1) is 15.1. The molecule has 0 spiro atoms. The first-order valence-electron chi connectivity index (χ1n) is 10.00. The molecule has 1 saturated carbocycles. The standard InChI is InChI=1S/C23H23ClN4O3/c1-30-18-7-8-19(12-18)31-17-5-3-16(4-6-17)26-13-22(28-25)20-11-14-10-15(24)2-9-21(14)27-23(20)29/h2-6,9-11,13,18-19H,7-8,12,25H2,1H3,(H,27,29)/t18-,19+/m0/s1. The molecule has 7 nitrogen and oxygen atoms in total. The minimum absolute atomic E-state index is 0.170. The van der Waals surface area contributed by atoms with E-state index in [1.54, 1.807) is 31.4 Å². The van der Waals surface area contributed by atoms with E-state index in [-0.39, 0.29) is 23.5 Å². The molecule has 0 bridgehead atoms. The predicted molar refractivity (Wildman–Crippen MR) is 124 cm³/mol. The summed E-state index contributed by atoms with van der Waals surface area (Å²) < 4.78 is 11.4. The van der Waals surface area contributed by atoms with Gasteiger partial charge in [0.2, 0.25) is 0 Å². The number of methoxy groups -OCH3 is 1. The summed E-state index contributed by atoms with van der Waals surface area (Å²) in [5.41, 5.74) is 1.64. The van der Waals surface area contributed by atoms with Gasteiger partial charge in [0.05, 0.1) is 23.6 Å². The van der Waals surface area contributed by atoms with E-state index in [1.165, 1.54) is 6.21 Å². The Balaban J connectivity index is 1.49. The number of hydrogen-bond donors (Lipinski definition) is 2. The Bertz CT molecular complexity index is 1190. The summed E-state index contributed by atoms with van der Waals surface area (Å²) in [5.74, 6) is 6.33. The third-order valence-electron chi connectivity index (χ3n) is 5.37. The Labute approximate surface area is 184 Å². The van der Waals surface area contributed by atoms with Gasteiger partial charge in [-0.3, -0.25) is 9.79 Å². The molecule has 1 fully saturated rings. The predicted octanol–water partition coefficient (Wildman–Crippen LogP) is 4.19. The quantitative estimate of drug-likeness (QED) is 0.342. The number of nitrogens with one attached hydrogen (secondary N) is 1. The van der Waals surface area contributed by atoms with Crippen molar-refractivity contribution in [1.29, 1.82) is 0 Å². The van der Waals surface area contributed by atoms with Crippen molar-refractivity contribution in [1.82, 2.24) is 4.98 Å². The average Bonchev–Trinajstić information content (AvgIpc) is 3.23. The van der Waals surface area contributed by atoms with Gasteiger partial charge in [-0.1, -0.05) is 11.6 Å². The van der Waals surface area contributed by atoms with Crippen LogP contribution in [0.3, 0.4) is 0 Å². The lowest BCUT2D eigenvalue weighted by atomic mass is 10.1. The Morgan fingerprint density at radius 1 is 1.16 bits per heavy atom. The van der Waals surface area contributed by atoms with Crippen LogP contribution < -0.4 is 16.1 Å². The fraction of sp³-hybridized carbons (Fsp3) is 0.261. The second-order valence-corrected chi connectivity index (χ2v) is 7.86. The zero-order chi connectivity index (χ0) is 21.8. The molecule has 3 aromatic rings. The van der Waals surface area contributed by atoms with Crippen LogP contribution in [0.15, 0.2) is 63.4 Å². The summed E-state index contributed by atoms with van der Waals surface area (Å²) in [6.45, 7) is 0. The van der Waals surface area contributed by atoms with Gasteiger partial charge in [-0.05, 0) is 61.4 Å². The minimum atomic E-state index is -0.305. The fourth-order valence-electron chi connectivity index (χ4n) is 3.70. The summed E-state index contributed by atoms with van der Waals surface area (Å²) in [7, 11) is 1.74. The summed E-state index contributed by atoms with van der Waals surface area (Å²) in [4.78, 5) is 19.7. The number of hydrazone groups is 1. The number of fused-ring (bicyclic) bond motifs is 1. The Kier molecular flexibility index (Phi) is 6.34. The lowest BCUT2D eigenvalue weighted by Crippen LogP contribution is -2.20. The molecule has 0 saturated heterocycles. The molecule has 1 heterocycles. The maximum Gasteiger partial charge on any atom is 0.258 e. The average molecular weight is 439 g/mol. The van der Waals surface area contributed by atoms with E-state index in [0.717, 1.165) is 30.4 Å². The maximum atomic E-state index is 12.5. The van der Waals surface area contributed by atoms with Crippen molar-refractivity contribution in [2.75, 3.05) is 7.11 Å². The SMILES string of the molecule is CO[C@H]1CC[C@@H](Oc2ccc(N=CC(=NN)c3cc4cc(Cl)ccc4[nH]c3=O)cc2)C1. The molecule has 0 aliphatic heterocycles. The van der Waals surface area contributed by atoms with Crippen molar-refractivity contribution in [2.24, 2.45) is 15.9 Å². The van der Waals surface area contributed by atoms with Gasteiger partial charge in [0, 0.05) is 29.5 Å². The molecule has 0 unspecified atom stereocenters. The summed E-state index contributed by atoms with van der Waals surface area (Å²) in [5, 5.41) is 5.09. The third-order valence-corrected chi connectivity index (χ3v) is 5.60.